The number of rotatable bonds is 14. The summed E-state index contributed by atoms with van der Waals surface area (Å²) < 4.78 is 31.5. The lowest BCUT2D eigenvalue weighted by atomic mass is 10.0. The molecule has 250 valence electrons. The van der Waals surface area contributed by atoms with Crippen molar-refractivity contribution in [2.24, 2.45) is 5.16 Å². The van der Waals surface area contributed by atoms with Crippen molar-refractivity contribution in [2.45, 2.75) is 65.1 Å². The number of phosphoric acid groups is 1. The van der Waals surface area contributed by atoms with Gasteiger partial charge in [-0.15, -0.1) is 0 Å². The first kappa shape index (κ1) is 34.3. The van der Waals surface area contributed by atoms with Gasteiger partial charge in [-0.1, -0.05) is 84.9 Å². The Labute approximate surface area is 276 Å². The molecule has 12 heteroatoms. The summed E-state index contributed by atoms with van der Waals surface area (Å²) in [4.78, 5) is 34.5. The number of carbonyl (C=O) groups is 2. The van der Waals surface area contributed by atoms with Gasteiger partial charge in [0, 0.05) is 44.7 Å². The average Bonchev–Trinajstić information content (AvgIpc) is 3.58. The molecule has 3 atom stereocenters. The zero-order chi connectivity index (χ0) is 33.2. The van der Waals surface area contributed by atoms with E-state index in [1.165, 1.54) is 6.92 Å². The largest absolute Gasteiger partial charge is 0.476 e. The number of amides is 2. The summed E-state index contributed by atoms with van der Waals surface area (Å²) in [5.74, 6) is -0.337. The number of nitrogens with zero attached hydrogens (tertiary/aromatic N) is 3. The number of benzene rings is 3. The minimum absolute atomic E-state index is 0.0173. The van der Waals surface area contributed by atoms with Crippen LogP contribution in [0.3, 0.4) is 0 Å². The summed E-state index contributed by atoms with van der Waals surface area (Å²) in [5, 5.41) is 6.98. The molecule has 2 aliphatic rings. The first-order valence-electron chi connectivity index (χ1n) is 16.0. The lowest BCUT2D eigenvalue weighted by Crippen LogP contribution is -2.56. The van der Waals surface area contributed by atoms with E-state index >= 15 is 0 Å². The fourth-order valence-electron chi connectivity index (χ4n) is 5.54. The second-order valence-electron chi connectivity index (χ2n) is 11.7. The first-order chi connectivity index (χ1) is 22.7. The van der Waals surface area contributed by atoms with E-state index in [9.17, 15) is 14.2 Å². The van der Waals surface area contributed by atoms with Gasteiger partial charge in [-0.05, 0) is 42.2 Å². The molecule has 47 heavy (non-hydrogen) atoms. The molecule has 3 unspecified atom stereocenters. The molecular formula is C35H43N4O7P. The Hall–Kier alpha value is -4.02. The van der Waals surface area contributed by atoms with E-state index in [-0.39, 0.29) is 37.2 Å². The van der Waals surface area contributed by atoms with E-state index in [0.717, 1.165) is 28.1 Å². The van der Waals surface area contributed by atoms with Crippen molar-refractivity contribution in [3.63, 3.8) is 0 Å². The third kappa shape index (κ3) is 9.51. The Morgan fingerprint density at radius 2 is 1.57 bits per heavy atom. The number of hydrogen-bond donors (Lipinski definition) is 1. The van der Waals surface area contributed by atoms with Crippen LogP contribution in [0.2, 0.25) is 0 Å². The summed E-state index contributed by atoms with van der Waals surface area (Å²) >= 11 is 0. The molecule has 3 aromatic carbocycles. The Bertz CT molecular complexity index is 1510. The molecule has 2 amide bonds. The van der Waals surface area contributed by atoms with Crippen LogP contribution >= 0.6 is 7.82 Å². The Kier molecular flexibility index (Phi) is 11.8. The van der Waals surface area contributed by atoms with Gasteiger partial charge in [0.25, 0.3) is 5.91 Å². The highest BCUT2D eigenvalue weighted by Crippen LogP contribution is 2.52. The zero-order valence-electron chi connectivity index (χ0n) is 27.1. The maximum atomic E-state index is 14.0. The third-order valence-electron chi connectivity index (χ3n) is 8.15. The van der Waals surface area contributed by atoms with Crippen LogP contribution in [0.25, 0.3) is 0 Å². The van der Waals surface area contributed by atoms with Crippen LogP contribution in [0.15, 0.2) is 90.1 Å². The lowest BCUT2D eigenvalue weighted by Gasteiger charge is -2.42. The molecule has 1 N–H and O–H groups in total. The van der Waals surface area contributed by atoms with Gasteiger partial charge in [-0.3, -0.25) is 23.2 Å². The van der Waals surface area contributed by atoms with Crippen LogP contribution in [-0.4, -0.2) is 66.9 Å². The summed E-state index contributed by atoms with van der Waals surface area (Å²) in [6, 6.07) is 26.7. The summed E-state index contributed by atoms with van der Waals surface area (Å²) in [7, 11) is -4.13. The van der Waals surface area contributed by atoms with Gasteiger partial charge in [0.05, 0.1) is 25.5 Å². The Morgan fingerprint density at radius 1 is 0.957 bits per heavy atom. The number of hydrogen-bond acceptors (Lipinski definition) is 9. The fraction of sp³-hybridized carbons (Fsp3) is 0.400. The molecule has 0 aliphatic carbocycles. The molecule has 0 aromatic heterocycles. The van der Waals surface area contributed by atoms with Crippen LogP contribution < -0.4 is 10.2 Å². The SMILES string of the molecule is CCC(OP(=O)(OCc1ccccc1)OCc1ccccc1)C(=O)N1CCN(c2ccc(C3=NOC(CNC(C)=O)C3)cc2)CC1C. The summed E-state index contributed by atoms with van der Waals surface area (Å²) in [6.45, 7) is 7.49. The highest BCUT2D eigenvalue weighted by atomic mass is 31.2. The van der Waals surface area contributed by atoms with Crippen molar-refractivity contribution in [2.75, 3.05) is 31.1 Å². The molecule has 2 heterocycles. The van der Waals surface area contributed by atoms with E-state index < -0.39 is 13.9 Å². The predicted molar refractivity (Wildman–Crippen MR) is 180 cm³/mol. The predicted octanol–water partition coefficient (Wildman–Crippen LogP) is 5.69. The molecule has 11 nitrogen and oxygen atoms in total. The van der Waals surface area contributed by atoms with Gasteiger partial charge in [0.2, 0.25) is 5.91 Å². The van der Waals surface area contributed by atoms with Crippen molar-refractivity contribution in [3.05, 3.63) is 102 Å². The van der Waals surface area contributed by atoms with Gasteiger partial charge >= 0.3 is 7.82 Å². The minimum atomic E-state index is -4.13. The Morgan fingerprint density at radius 3 is 2.13 bits per heavy atom. The highest BCUT2D eigenvalue weighted by molar-refractivity contribution is 7.48. The standard InChI is InChI=1S/C35H43N4O7P/c1-4-34(46-47(42,43-24-28-11-7-5-8-12-28)44-25-29-13-9-6-10-14-29)35(41)39-20-19-38(23-26(39)2)31-17-15-30(16-18-31)33-21-32(45-37-33)22-36-27(3)40/h5-18,26,32,34H,4,19-25H2,1-3H3,(H,36,40). The topological polar surface area (TPSA) is 119 Å². The molecule has 2 aliphatic heterocycles. The minimum Gasteiger partial charge on any atom is -0.390 e. The Balaban J connectivity index is 1.19. The fourth-order valence-corrected chi connectivity index (χ4v) is 6.90. The van der Waals surface area contributed by atoms with E-state index in [4.69, 9.17) is 18.4 Å². The number of oxime groups is 1. The van der Waals surface area contributed by atoms with Gasteiger partial charge < -0.3 is 20.0 Å². The van der Waals surface area contributed by atoms with Crippen molar-refractivity contribution in [3.8, 4) is 0 Å². The number of phosphoric ester groups is 1. The van der Waals surface area contributed by atoms with Crippen molar-refractivity contribution in [1.82, 2.24) is 10.2 Å². The molecule has 3 aromatic rings. The van der Waals surface area contributed by atoms with Gasteiger partial charge in [0.15, 0.2) is 0 Å². The normalized spacial score (nSPS) is 18.7. The van der Waals surface area contributed by atoms with Crippen molar-refractivity contribution >= 4 is 31.0 Å². The number of anilines is 1. The molecule has 0 radical (unpaired) electrons. The summed E-state index contributed by atoms with van der Waals surface area (Å²) in [6.07, 6.45) is -0.236. The van der Waals surface area contributed by atoms with E-state index in [2.05, 4.69) is 15.4 Å². The second-order valence-corrected chi connectivity index (χ2v) is 13.4. The first-order valence-corrected chi connectivity index (χ1v) is 17.5. The maximum absolute atomic E-state index is 14.0. The van der Waals surface area contributed by atoms with E-state index in [0.29, 0.717) is 39.0 Å². The monoisotopic (exact) mass is 662 g/mol. The molecule has 0 bridgehead atoms. The number of nitrogens with one attached hydrogen (secondary N) is 1. The average molecular weight is 663 g/mol. The molecule has 1 fully saturated rings. The van der Waals surface area contributed by atoms with Crippen LogP contribution in [0.1, 0.15) is 50.3 Å². The quantitative estimate of drug-likeness (QED) is 0.219. The van der Waals surface area contributed by atoms with Crippen LogP contribution in [0.4, 0.5) is 5.69 Å². The molecule has 5 rings (SSSR count). The second kappa shape index (κ2) is 16.2. The number of carbonyl (C=O) groups excluding carboxylic acids is 2. The molecule has 1 saturated heterocycles. The maximum Gasteiger partial charge on any atom is 0.476 e. The lowest BCUT2D eigenvalue weighted by molar-refractivity contribution is -0.142. The number of piperazine rings is 1. The van der Waals surface area contributed by atoms with Crippen LogP contribution in [0, 0.1) is 0 Å². The summed E-state index contributed by atoms with van der Waals surface area (Å²) in [5.41, 5.74) is 4.48. The van der Waals surface area contributed by atoms with Gasteiger partial charge in [-0.25, -0.2) is 4.57 Å². The third-order valence-corrected chi connectivity index (χ3v) is 9.56. The molecular weight excluding hydrogens is 619 g/mol. The van der Waals surface area contributed by atoms with Crippen molar-refractivity contribution in [1.29, 1.82) is 0 Å². The van der Waals surface area contributed by atoms with E-state index in [1.807, 2.05) is 98.8 Å². The van der Waals surface area contributed by atoms with Crippen LogP contribution in [-0.2, 0) is 45.8 Å². The van der Waals surface area contributed by atoms with Crippen molar-refractivity contribution < 1.29 is 32.6 Å². The van der Waals surface area contributed by atoms with Gasteiger partial charge in [-0.2, -0.15) is 0 Å². The van der Waals surface area contributed by atoms with Gasteiger partial charge in [0.1, 0.15) is 12.2 Å². The van der Waals surface area contributed by atoms with E-state index in [1.54, 1.807) is 4.90 Å². The molecule has 0 saturated carbocycles. The zero-order valence-corrected chi connectivity index (χ0v) is 28.0. The smallest absolute Gasteiger partial charge is 0.390 e. The molecule has 0 spiro atoms. The highest BCUT2D eigenvalue weighted by Gasteiger charge is 2.38. The van der Waals surface area contributed by atoms with Crippen LogP contribution in [0.5, 0.6) is 0 Å².